The van der Waals surface area contributed by atoms with Crippen LogP contribution in [0.5, 0.6) is 0 Å². The molecular formula is C13H18O5S. The van der Waals surface area contributed by atoms with E-state index < -0.39 is 27.2 Å². The first kappa shape index (κ1) is 14.5. The van der Waals surface area contributed by atoms with Gasteiger partial charge in [-0.05, 0) is 32.4 Å². The smallest absolute Gasteiger partial charge is 0.207 e. The van der Waals surface area contributed by atoms with E-state index in [9.17, 15) is 13.5 Å². The molecule has 1 saturated heterocycles. The largest absolute Gasteiger partial charge is 0.375 e. The van der Waals surface area contributed by atoms with Crippen LogP contribution in [-0.4, -0.2) is 37.5 Å². The summed E-state index contributed by atoms with van der Waals surface area (Å²) in [6, 6.07) is 6.55. The van der Waals surface area contributed by atoms with Crippen molar-refractivity contribution in [2.75, 3.05) is 6.61 Å². The molecule has 5 nitrogen and oxygen atoms in total. The average Bonchev–Trinajstić information content (AvgIpc) is 2.69. The minimum atomic E-state index is -3.85. The van der Waals surface area contributed by atoms with E-state index in [4.69, 9.17) is 9.47 Å². The highest BCUT2D eigenvalue weighted by molar-refractivity contribution is 7.92. The molecule has 0 bridgehead atoms. The zero-order chi connectivity index (χ0) is 14.3. The van der Waals surface area contributed by atoms with Crippen molar-refractivity contribution in [3.05, 3.63) is 29.8 Å². The first-order chi connectivity index (χ1) is 8.74. The van der Waals surface area contributed by atoms with Crippen LogP contribution in [0, 0.1) is 6.92 Å². The van der Waals surface area contributed by atoms with Crippen LogP contribution >= 0.6 is 0 Å². The Balaban J connectivity index is 2.28. The van der Waals surface area contributed by atoms with Gasteiger partial charge in [0.05, 0.1) is 11.5 Å². The van der Waals surface area contributed by atoms with Gasteiger partial charge in [0.25, 0.3) is 0 Å². The lowest BCUT2D eigenvalue weighted by Gasteiger charge is -2.21. The Hall–Kier alpha value is -0.950. The summed E-state index contributed by atoms with van der Waals surface area (Å²) in [5, 5.41) is 10.1. The van der Waals surface area contributed by atoms with Crippen molar-refractivity contribution in [2.24, 2.45) is 0 Å². The monoisotopic (exact) mass is 286 g/mol. The molecule has 19 heavy (non-hydrogen) atoms. The molecule has 1 aromatic carbocycles. The molecule has 2 atom stereocenters. The highest BCUT2D eigenvalue weighted by Gasteiger charge is 2.43. The average molecular weight is 286 g/mol. The van der Waals surface area contributed by atoms with Crippen molar-refractivity contribution < 1.29 is 23.0 Å². The normalized spacial score (nSPS) is 24.3. The van der Waals surface area contributed by atoms with Crippen LogP contribution in [0.25, 0.3) is 0 Å². The Morgan fingerprint density at radius 3 is 2.53 bits per heavy atom. The van der Waals surface area contributed by atoms with E-state index >= 15 is 0 Å². The van der Waals surface area contributed by atoms with Gasteiger partial charge >= 0.3 is 0 Å². The summed E-state index contributed by atoms with van der Waals surface area (Å²) in [5.74, 6) is -0.868. The molecule has 0 aliphatic carbocycles. The Labute approximate surface area is 113 Å². The zero-order valence-corrected chi connectivity index (χ0v) is 12.0. The first-order valence-electron chi connectivity index (χ1n) is 6.03. The van der Waals surface area contributed by atoms with Gasteiger partial charge in [-0.25, -0.2) is 8.42 Å². The number of hydrogen-bond acceptors (Lipinski definition) is 5. The van der Waals surface area contributed by atoms with Crippen LogP contribution in [-0.2, 0) is 19.3 Å². The molecule has 1 aliphatic heterocycles. The fourth-order valence-corrected chi connectivity index (χ4v) is 3.64. The van der Waals surface area contributed by atoms with Gasteiger partial charge < -0.3 is 14.6 Å². The fourth-order valence-electron chi connectivity index (χ4n) is 2.06. The molecule has 2 rings (SSSR count). The van der Waals surface area contributed by atoms with Crippen LogP contribution in [0.4, 0.5) is 0 Å². The second-order valence-corrected chi connectivity index (χ2v) is 7.08. The summed E-state index contributed by atoms with van der Waals surface area (Å²) in [4.78, 5) is 0.121. The maximum Gasteiger partial charge on any atom is 0.207 e. The van der Waals surface area contributed by atoms with Gasteiger partial charge in [-0.3, -0.25) is 0 Å². The fraction of sp³-hybridized carbons (Fsp3) is 0.538. The third-order valence-electron chi connectivity index (χ3n) is 3.07. The molecule has 0 spiro atoms. The Morgan fingerprint density at radius 2 is 2.00 bits per heavy atom. The third-order valence-corrected chi connectivity index (χ3v) is 5.08. The quantitative estimate of drug-likeness (QED) is 0.905. The van der Waals surface area contributed by atoms with Gasteiger partial charge in [-0.2, -0.15) is 0 Å². The van der Waals surface area contributed by atoms with Gasteiger partial charge in [0.2, 0.25) is 9.84 Å². The summed E-state index contributed by atoms with van der Waals surface area (Å²) >= 11 is 0. The van der Waals surface area contributed by atoms with E-state index in [1.807, 2.05) is 0 Å². The summed E-state index contributed by atoms with van der Waals surface area (Å²) in [6.45, 7) is 5.11. The van der Waals surface area contributed by atoms with Gasteiger partial charge in [0.1, 0.15) is 6.10 Å². The van der Waals surface area contributed by atoms with Crippen LogP contribution < -0.4 is 0 Å². The SMILES string of the molecule is Cc1ccccc1S(=O)(=O)[C@@H](O)C1COC(C)(C)O1. The molecule has 106 valence electrons. The summed E-state index contributed by atoms with van der Waals surface area (Å²) < 4.78 is 35.4. The van der Waals surface area contributed by atoms with Gasteiger partial charge in [0, 0.05) is 0 Å². The number of rotatable bonds is 3. The van der Waals surface area contributed by atoms with Gasteiger partial charge in [0.15, 0.2) is 11.2 Å². The van der Waals surface area contributed by atoms with Crippen LogP contribution in [0.3, 0.4) is 0 Å². The van der Waals surface area contributed by atoms with Crippen LogP contribution in [0.1, 0.15) is 19.4 Å². The van der Waals surface area contributed by atoms with E-state index in [0.717, 1.165) is 0 Å². The van der Waals surface area contributed by atoms with E-state index in [1.165, 1.54) is 6.07 Å². The molecule has 6 heteroatoms. The minimum Gasteiger partial charge on any atom is -0.375 e. The molecule has 1 fully saturated rings. The number of benzene rings is 1. The molecule has 0 radical (unpaired) electrons. The Bertz CT molecular complexity index is 564. The van der Waals surface area contributed by atoms with Gasteiger partial charge in [-0.1, -0.05) is 18.2 Å². The zero-order valence-electron chi connectivity index (χ0n) is 11.2. The van der Waals surface area contributed by atoms with Crippen molar-refractivity contribution in [3.63, 3.8) is 0 Å². The lowest BCUT2D eigenvalue weighted by molar-refractivity contribution is -0.145. The highest BCUT2D eigenvalue weighted by Crippen LogP contribution is 2.29. The number of sulfone groups is 1. The summed E-state index contributed by atoms with van der Waals surface area (Å²) in [5.41, 5.74) is -1.03. The molecule has 1 aromatic rings. The topological polar surface area (TPSA) is 72.8 Å². The van der Waals surface area contributed by atoms with E-state index in [0.29, 0.717) is 5.56 Å². The molecule has 1 N–H and O–H groups in total. The Morgan fingerprint density at radius 1 is 1.37 bits per heavy atom. The van der Waals surface area contributed by atoms with Crippen LogP contribution in [0.15, 0.2) is 29.2 Å². The lowest BCUT2D eigenvalue weighted by Crippen LogP contribution is -2.37. The lowest BCUT2D eigenvalue weighted by atomic mass is 10.2. The third kappa shape index (κ3) is 2.81. The summed E-state index contributed by atoms with van der Waals surface area (Å²) in [7, 11) is -3.85. The molecule has 0 saturated carbocycles. The highest BCUT2D eigenvalue weighted by atomic mass is 32.2. The molecule has 0 amide bonds. The number of ether oxygens (including phenoxy) is 2. The van der Waals surface area contributed by atoms with Crippen molar-refractivity contribution in [2.45, 2.75) is 43.0 Å². The minimum absolute atomic E-state index is 0.0548. The van der Waals surface area contributed by atoms with E-state index in [1.54, 1.807) is 39.0 Å². The molecule has 1 aliphatic rings. The number of hydrogen-bond donors (Lipinski definition) is 1. The Kier molecular flexibility index (Phi) is 3.70. The second-order valence-electron chi connectivity index (χ2n) is 5.07. The van der Waals surface area contributed by atoms with Crippen LogP contribution in [0.2, 0.25) is 0 Å². The maximum atomic E-state index is 12.4. The van der Waals surface area contributed by atoms with E-state index in [-0.39, 0.29) is 11.5 Å². The number of aryl methyl sites for hydroxylation is 1. The predicted octanol–water partition coefficient (Wildman–Crippen LogP) is 1.24. The first-order valence-corrected chi connectivity index (χ1v) is 7.58. The number of aliphatic hydroxyl groups excluding tert-OH is 1. The van der Waals surface area contributed by atoms with Crippen molar-refractivity contribution in [1.29, 1.82) is 0 Å². The van der Waals surface area contributed by atoms with Crippen molar-refractivity contribution in [1.82, 2.24) is 0 Å². The molecule has 0 aromatic heterocycles. The maximum absolute atomic E-state index is 12.4. The summed E-state index contributed by atoms with van der Waals surface area (Å²) in [6.07, 6.45) is -0.875. The molecule has 1 heterocycles. The van der Waals surface area contributed by atoms with Crippen molar-refractivity contribution in [3.8, 4) is 0 Å². The standard InChI is InChI=1S/C13H18O5S/c1-9-6-4-5-7-11(9)19(15,16)12(14)10-8-17-13(2,3)18-10/h4-7,10,12,14H,8H2,1-3H3/t10?,12-/m1/s1. The second kappa shape index (κ2) is 4.86. The molecule has 1 unspecified atom stereocenters. The predicted molar refractivity (Wildman–Crippen MR) is 69.3 cm³/mol. The van der Waals surface area contributed by atoms with E-state index in [2.05, 4.69) is 0 Å². The van der Waals surface area contributed by atoms with Crippen molar-refractivity contribution >= 4 is 9.84 Å². The molecular weight excluding hydrogens is 268 g/mol. The van der Waals surface area contributed by atoms with Gasteiger partial charge in [-0.15, -0.1) is 0 Å². The number of aliphatic hydroxyl groups is 1.